The van der Waals surface area contributed by atoms with E-state index in [0.29, 0.717) is 12.5 Å². The van der Waals surface area contributed by atoms with Crippen LogP contribution in [0.5, 0.6) is 0 Å². The fourth-order valence-corrected chi connectivity index (χ4v) is 2.20. The Morgan fingerprint density at radius 3 is 2.67 bits per heavy atom. The molecule has 0 heterocycles. The van der Waals surface area contributed by atoms with Crippen molar-refractivity contribution in [2.24, 2.45) is 17.6 Å². The van der Waals surface area contributed by atoms with Crippen LogP contribution in [0.3, 0.4) is 0 Å². The molecule has 0 saturated heterocycles. The molecule has 0 aliphatic heterocycles. The van der Waals surface area contributed by atoms with Gasteiger partial charge in [-0.3, -0.25) is 4.79 Å². The Balaban J connectivity index is 2.76. The summed E-state index contributed by atoms with van der Waals surface area (Å²) in [6.45, 7) is 6.56. The highest BCUT2D eigenvalue weighted by atomic mass is 79.9. The third kappa shape index (κ3) is 4.42. The summed E-state index contributed by atoms with van der Waals surface area (Å²) in [6.07, 6.45) is 0.815. The van der Waals surface area contributed by atoms with Crippen LogP contribution in [0.25, 0.3) is 0 Å². The number of aryl methyl sites for hydroxylation is 1. The fraction of sp³-hybridized carbons (Fsp3) is 0.500. The second-order valence-corrected chi connectivity index (χ2v) is 5.93. The summed E-state index contributed by atoms with van der Waals surface area (Å²) in [6, 6.07) is 5.84. The molecule has 1 unspecified atom stereocenters. The van der Waals surface area contributed by atoms with Crippen molar-refractivity contribution in [3.63, 3.8) is 0 Å². The predicted molar refractivity (Wildman–Crippen MR) is 79.5 cm³/mol. The lowest BCUT2D eigenvalue weighted by molar-refractivity contribution is -0.120. The van der Waals surface area contributed by atoms with E-state index in [9.17, 15) is 4.79 Å². The zero-order valence-corrected chi connectivity index (χ0v) is 12.8. The molecule has 3 N–H and O–H groups in total. The molecule has 0 aromatic heterocycles. The van der Waals surface area contributed by atoms with Crippen molar-refractivity contribution in [2.75, 3.05) is 11.9 Å². The molecule has 0 bridgehead atoms. The average Bonchev–Trinajstić information content (AvgIpc) is 2.30. The number of hydrogen-bond acceptors (Lipinski definition) is 2. The van der Waals surface area contributed by atoms with Gasteiger partial charge in [-0.15, -0.1) is 0 Å². The lowest BCUT2D eigenvalue weighted by Gasteiger charge is -2.17. The maximum absolute atomic E-state index is 12.1. The number of rotatable bonds is 5. The summed E-state index contributed by atoms with van der Waals surface area (Å²) in [5.74, 6) is 0.351. The minimum atomic E-state index is -0.122. The van der Waals surface area contributed by atoms with Crippen molar-refractivity contribution < 1.29 is 4.79 Å². The van der Waals surface area contributed by atoms with Crippen molar-refractivity contribution in [1.82, 2.24) is 0 Å². The Morgan fingerprint density at radius 1 is 1.44 bits per heavy atom. The number of carbonyl (C=O) groups is 1. The van der Waals surface area contributed by atoms with Crippen LogP contribution in [0.15, 0.2) is 22.7 Å². The predicted octanol–water partition coefficient (Wildman–Crippen LogP) is 3.32. The molecule has 1 aromatic rings. The van der Waals surface area contributed by atoms with Crippen molar-refractivity contribution in [3.05, 3.63) is 28.2 Å². The Bertz CT molecular complexity index is 418. The molecular weight excluding hydrogens is 292 g/mol. The van der Waals surface area contributed by atoms with Gasteiger partial charge in [0.25, 0.3) is 0 Å². The molecule has 1 aromatic carbocycles. The van der Waals surface area contributed by atoms with E-state index in [1.165, 1.54) is 0 Å². The van der Waals surface area contributed by atoms with Crippen molar-refractivity contribution in [2.45, 2.75) is 27.2 Å². The maximum atomic E-state index is 12.1. The van der Waals surface area contributed by atoms with Crippen molar-refractivity contribution in [1.29, 1.82) is 0 Å². The number of benzene rings is 1. The van der Waals surface area contributed by atoms with E-state index in [4.69, 9.17) is 5.73 Å². The minimum absolute atomic E-state index is 0.00685. The van der Waals surface area contributed by atoms with Crippen LogP contribution in [0, 0.1) is 18.8 Å². The van der Waals surface area contributed by atoms with Crippen LogP contribution in [0.2, 0.25) is 0 Å². The second kappa shape index (κ2) is 6.90. The van der Waals surface area contributed by atoms with E-state index >= 15 is 0 Å². The van der Waals surface area contributed by atoms with Crippen LogP contribution >= 0.6 is 15.9 Å². The van der Waals surface area contributed by atoms with Crippen LogP contribution in [-0.4, -0.2) is 12.5 Å². The SMILES string of the molecule is Cc1ccc(Br)cc1NC(=O)C(CN)CC(C)C. The molecule has 4 heteroatoms. The van der Waals surface area contributed by atoms with Gasteiger partial charge in [0.15, 0.2) is 0 Å². The average molecular weight is 313 g/mol. The number of hydrogen-bond donors (Lipinski definition) is 2. The smallest absolute Gasteiger partial charge is 0.228 e. The molecule has 0 saturated carbocycles. The lowest BCUT2D eigenvalue weighted by atomic mass is 9.96. The molecule has 3 nitrogen and oxygen atoms in total. The number of nitrogens with one attached hydrogen (secondary N) is 1. The van der Waals surface area contributed by atoms with Gasteiger partial charge >= 0.3 is 0 Å². The zero-order valence-electron chi connectivity index (χ0n) is 11.2. The van der Waals surface area contributed by atoms with Crippen molar-refractivity contribution >= 4 is 27.5 Å². The summed E-state index contributed by atoms with van der Waals surface area (Å²) in [4.78, 5) is 12.1. The second-order valence-electron chi connectivity index (χ2n) is 5.01. The summed E-state index contributed by atoms with van der Waals surface area (Å²) in [5, 5.41) is 2.96. The Morgan fingerprint density at radius 2 is 2.11 bits per heavy atom. The molecule has 100 valence electrons. The molecule has 18 heavy (non-hydrogen) atoms. The third-order valence-corrected chi connectivity index (χ3v) is 3.36. The first-order valence-corrected chi connectivity index (χ1v) is 7.00. The largest absolute Gasteiger partial charge is 0.330 e. The van der Waals surface area contributed by atoms with Gasteiger partial charge in [-0.1, -0.05) is 35.8 Å². The molecule has 0 aliphatic carbocycles. The van der Waals surface area contributed by atoms with Crippen LogP contribution in [0.4, 0.5) is 5.69 Å². The first kappa shape index (κ1) is 15.2. The van der Waals surface area contributed by atoms with Gasteiger partial charge in [0, 0.05) is 16.7 Å². The van der Waals surface area contributed by atoms with Gasteiger partial charge in [-0.2, -0.15) is 0 Å². The highest BCUT2D eigenvalue weighted by Gasteiger charge is 2.18. The van der Waals surface area contributed by atoms with E-state index in [1.807, 2.05) is 25.1 Å². The fourth-order valence-electron chi connectivity index (χ4n) is 1.84. The van der Waals surface area contributed by atoms with E-state index < -0.39 is 0 Å². The van der Waals surface area contributed by atoms with Gasteiger partial charge in [0.05, 0.1) is 5.92 Å². The van der Waals surface area contributed by atoms with Gasteiger partial charge in [0.1, 0.15) is 0 Å². The highest BCUT2D eigenvalue weighted by Crippen LogP contribution is 2.22. The van der Waals surface area contributed by atoms with Crippen LogP contribution in [-0.2, 0) is 4.79 Å². The molecule has 1 amide bonds. The number of halogens is 1. The molecule has 1 rings (SSSR count). The Kier molecular flexibility index (Phi) is 5.82. The summed E-state index contributed by atoms with van der Waals surface area (Å²) in [5.41, 5.74) is 7.57. The zero-order chi connectivity index (χ0) is 13.7. The number of anilines is 1. The quantitative estimate of drug-likeness (QED) is 0.876. The normalized spacial score (nSPS) is 12.6. The summed E-state index contributed by atoms with van der Waals surface area (Å²) >= 11 is 3.40. The Labute approximate surface area is 117 Å². The summed E-state index contributed by atoms with van der Waals surface area (Å²) < 4.78 is 0.955. The van der Waals surface area contributed by atoms with E-state index in [0.717, 1.165) is 22.1 Å². The van der Waals surface area contributed by atoms with Gasteiger partial charge in [0.2, 0.25) is 5.91 Å². The molecule has 0 spiro atoms. The third-order valence-electron chi connectivity index (χ3n) is 2.87. The first-order valence-electron chi connectivity index (χ1n) is 6.21. The first-order chi connectivity index (χ1) is 8.43. The topological polar surface area (TPSA) is 55.1 Å². The monoisotopic (exact) mass is 312 g/mol. The van der Waals surface area contributed by atoms with E-state index in [-0.39, 0.29) is 11.8 Å². The van der Waals surface area contributed by atoms with Gasteiger partial charge in [-0.05, 0) is 37.0 Å². The van der Waals surface area contributed by atoms with Gasteiger partial charge in [-0.25, -0.2) is 0 Å². The molecule has 1 atom stereocenters. The maximum Gasteiger partial charge on any atom is 0.228 e. The molecular formula is C14H21BrN2O. The molecule has 0 radical (unpaired) electrons. The Hall–Kier alpha value is -0.870. The highest BCUT2D eigenvalue weighted by molar-refractivity contribution is 9.10. The number of nitrogens with two attached hydrogens (primary N) is 1. The minimum Gasteiger partial charge on any atom is -0.330 e. The molecule has 0 fully saturated rings. The van der Waals surface area contributed by atoms with E-state index in [1.54, 1.807) is 0 Å². The molecule has 0 aliphatic rings. The lowest BCUT2D eigenvalue weighted by Crippen LogP contribution is -2.30. The summed E-state index contributed by atoms with van der Waals surface area (Å²) in [7, 11) is 0. The van der Waals surface area contributed by atoms with Crippen molar-refractivity contribution in [3.8, 4) is 0 Å². The van der Waals surface area contributed by atoms with Crippen LogP contribution < -0.4 is 11.1 Å². The standard InChI is InChI=1S/C14H21BrN2O/c1-9(2)6-11(8-16)14(18)17-13-7-12(15)5-4-10(13)3/h4-5,7,9,11H,6,8,16H2,1-3H3,(H,17,18). The van der Waals surface area contributed by atoms with Crippen LogP contribution in [0.1, 0.15) is 25.8 Å². The van der Waals surface area contributed by atoms with Gasteiger partial charge < -0.3 is 11.1 Å². The number of amides is 1. The number of carbonyl (C=O) groups excluding carboxylic acids is 1. The van der Waals surface area contributed by atoms with E-state index in [2.05, 4.69) is 35.1 Å².